The number of amides is 2. The van der Waals surface area contributed by atoms with E-state index in [-0.39, 0.29) is 18.2 Å². The van der Waals surface area contributed by atoms with Crippen molar-refractivity contribution in [1.29, 1.82) is 0 Å². The summed E-state index contributed by atoms with van der Waals surface area (Å²) in [6.45, 7) is 2.20. The fourth-order valence-corrected chi connectivity index (χ4v) is 2.58. The number of nitrogens with zero attached hydrogens (tertiary/aromatic N) is 1. The summed E-state index contributed by atoms with van der Waals surface area (Å²) < 4.78 is 10.5. The van der Waals surface area contributed by atoms with E-state index in [1.165, 1.54) is 6.92 Å². The standard InChI is InChI=1S/C20H24N2O4/c1-15(23)22(14-16-8-4-6-10-18(16)25-2)13-12-20(24)21-17-9-5-7-11-19(17)26-3/h4-11H,12-14H2,1-3H3,(H,21,24). The van der Waals surface area contributed by atoms with Gasteiger partial charge in [-0.25, -0.2) is 0 Å². The van der Waals surface area contributed by atoms with Gasteiger partial charge in [0.2, 0.25) is 11.8 Å². The summed E-state index contributed by atoms with van der Waals surface area (Å²) in [5.74, 6) is 1.04. The van der Waals surface area contributed by atoms with E-state index in [1.807, 2.05) is 36.4 Å². The van der Waals surface area contributed by atoms with E-state index in [1.54, 1.807) is 31.3 Å². The normalized spacial score (nSPS) is 10.1. The molecule has 26 heavy (non-hydrogen) atoms. The van der Waals surface area contributed by atoms with Gasteiger partial charge in [-0.3, -0.25) is 9.59 Å². The van der Waals surface area contributed by atoms with E-state index in [0.717, 1.165) is 11.3 Å². The second-order valence-corrected chi connectivity index (χ2v) is 5.75. The van der Waals surface area contributed by atoms with Crippen molar-refractivity contribution in [2.75, 3.05) is 26.1 Å². The molecule has 0 radical (unpaired) electrons. The molecule has 0 aromatic heterocycles. The lowest BCUT2D eigenvalue weighted by Crippen LogP contribution is -2.31. The Bertz CT molecular complexity index is 761. The minimum atomic E-state index is -0.180. The Labute approximate surface area is 153 Å². The number of ether oxygens (including phenoxy) is 2. The van der Waals surface area contributed by atoms with Crippen LogP contribution in [0.1, 0.15) is 18.9 Å². The summed E-state index contributed by atoms with van der Waals surface area (Å²) in [6.07, 6.45) is 0.187. The predicted molar refractivity (Wildman–Crippen MR) is 100 cm³/mol. The third kappa shape index (κ3) is 5.24. The maximum absolute atomic E-state index is 12.3. The number of hydrogen-bond donors (Lipinski definition) is 1. The molecule has 2 rings (SSSR count). The van der Waals surface area contributed by atoms with Crippen LogP contribution >= 0.6 is 0 Å². The largest absolute Gasteiger partial charge is 0.496 e. The zero-order valence-corrected chi connectivity index (χ0v) is 15.3. The number of nitrogens with one attached hydrogen (secondary N) is 1. The van der Waals surface area contributed by atoms with Gasteiger partial charge < -0.3 is 19.7 Å². The highest BCUT2D eigenvalue weighted by Gasteiger charge is 2.15. The van der Waals surface area contributed by atoms with Gasteiger partial charge in [0.25, 0.3) is 0 Å². The van der Waals surface area contributed by atoms with Gasteiger partial charge in [0.15, 0.2) is 0 Å². The van der Waals surface area contributed by atoms with Crippen molar-refractivity contribution < 1.29 is 19.1 Å². The number of carbonyl (C=O) groups is 2. The summed E-state index contributed by atoms with van der Waals surface area (Å²) in [6, 6.07) is 14.7. The molecule has 0 saturated carbocycles. The molecule has 138 valence electrons. The van der Waals surface area contributed by atoms with E-state index in [2.05, 4.69) is 5.32 Å². The molecule has 0 aliphatic rings. The Balaban J connectivity index is 1.98. The van der Waals surface area contributed by atoms with E-state index in [0.29, 0.717) is 24.5 Å². The Morgan fingerprint density at radius 3 is 2.23 bits per heavy atom. The smallest absolute Gasteiger partial charge is 0.226 e. The van der Waals surface area contributed by atoms with Gasteiger partial charge >= 0.3 is 0 Å². The molecule has 1 N–H and O–H groups in total. The van der Waals surface area contributed by atoms with E-state index in [9.17, 15) is 9.59 Å². The third-order valence-corrected chi connectivity index (χ3v) is 3.99. The Morgan fingerprint density at radius 2 is 1.58 bits per heavy atom. The number of methoxy groups -OCH3 is 2. The average Bonchev–Trinajstić information content (AvgIpc) is 2.65. The maximum Gasteiger partial charge on any atom is 0.226 e. The first kappa shape index (κ1) is 19.3. The first-order chi connectivity index (χ1) is 12.5. The van der Waals surface area contributed by atoms with Crippen LogP contribution in [0.4, 0.5) is 5.69 Å². The zero-order chi connectivity index (χ0) is 18.9. The van der Waals surface area contributed by atoms with Crippen LogP contribution in [0.3, 0.4) is 0 Å². The summed E-state index contributed by atoms with van der Waals surface area (Å²) >= 11 is 0. The summed E-state index contributed by atoms with van der Waals surface area (Å²) in [5.41, 5.74) is 1.51. The van der Waals surface area contributed by atoms with Gasteiger partial charge in [-0.15, -0.1) is 0 Å². The first-order valence-electron chi connectivity index (χ1n) is 8.35. The number of rotatable bonds is 8. The van der Waals surface area contributed by atoms with Crippen molar-refractivity contribution in [1.82, 2.24) is 4.90 Å². The summed E-state index contributed by atoms with van der Waals surface area (Å²) in [5, 5.41) is 2.82. The molecule has 0 aliphatic heterocycles. The number of benzene rings is 2. The van der Waals surface area contributed by atoms with Crippen molar-refractivity contribution in [2.45, 2.75) is 19.9 Å². The van der Waals surface area contributed by atoms with Crippen molar-refractivity contribution in [2.24, 2.45) is 0 Å². The van der Waals surface area contributed by atoms with Crippen LogP contribution in [-0.4, -0.2) is 37.5 Å². The fraction of sp³-hybridized carbons (Fsp3) is 0.300. The van der Waals surface area contributed by atoms with E-state index in [4.69, 9.17) is 9.47 Å². The Hall–Kier alpha value is -3.02. The Morgan fingerprint density at radius 1 is 0.962 bits per heavy atom. The lowest BCUT2D eigenvalue weighted by molar-refractivity contribution is -0.129. The molecule has 0 unspecified atom stereocenters. The van der Waals surface area contributed by atoms with Gasteiger partial charge in [0.1, 0.15) is 11.5 Å². The zero-order valence-electron chi connectivity index (χ0n) is 15.3. The highest BCUT2D eigenvalue weighted by Crippen LogP contribution is 2.23. The van der Waals surface area contributed by atoms with Gasteiger partial charge in [-0.1, -0.05) is 30.3 Å². The lowest BCUT2D eigenvalue weighted by atomic mass is 10.2. The maximum atomic E-state index is 12.3. The summed E-state index contributed by atoms with van der Waals surface area (Å²) in [4.78, 5) is 25.8. The second-order valence-electron chi connectivity index (χ2n) is 5.75. The number of carbonyl (C=O) groups excluding carboxylic acids is 2. The lowest BCUT2D eigenvalue weighted by Gasteiger charge is -2.22. The number of hydrogen-bond acceptors (Lipinski definition) is 4. The first-order valence-corrected chi connectivity index (χ1v) is 8.35. The van der Waals surface area contributed by atoms with Gasteiger partial charge in [0, 0.05) is 32.0 Å². The molecule has 0 fully saturated rings. The molecular formula is C20H24N2O4. The van der Waals surface area contributed by atoms with Crippen molar-refractivity contribution >= 4 is 17.5 Å². The minimum absolute atomic E-state index is 0.0963. The Kier molecular flexibility index (Phi) is 7.02. The monoisotopic (exact) mass is 356 g/mol. The predicted octanol–water partition coefficient (Wildman–Crippen LogP) is 3.08. The van der Waals surface area contributed by atoms with Gasteiger partial charge in [-0.2, -0.15) is 0 Å². The van der Waals surface area contributed by atoms with Crippen LogP contribution in [0.15, 0.2) is 48.5 Å². The molecule has 0 saturated heterocycles. The molecule has 0 aliphatic carbocycles. The quantitative estimate of drug-likeness (QED) is 0.789. The molecule has 2 aromatic carbocycles. The molecule has 2 amide bonds. The van der Waals surface area contributed by atoms with Gasteiger partial charge in [0.05, 0.1) is 19.9 Å². The van der Waals surface area contributed by atoms with Crippen LogP contribution in [-0.2, 0) is 16.1 Å². The fourth-order valence-electron chi connectivity index (χ4n) is 2.58. The SMILES string of the molecule is COc1ccccc1CN(CCC(=O)Nc1ccccc1OC)C(C)=O. The summed E-state index contributed by atoms with van der Waals surface area (Å²) in [7, 11) is 3.15. The van der Waals surface area contributed by atoms with Crippen LogP contribution < -0.4 is 14.8 Å². The third-order valence-electron chi connectivity index (χ3n) is 3.99. The van der Waals surface area contributed by atoms with E-state index >= 15 is 0 Å². The highest BCUT2D eigenvalue weighted by atomic mass is 16.5. The minimum Gasteiger partial charge on any atom is -0.496 e. The van der Waals surface area contributed by atoms with Crippen LogP contribution in [0.25, 0.3) is 0 Å². The molecule has 0 spiro atoms. The number of anilines is 1. The topological polar surface area (TPSA) is 67.9 Å². The highest BCUT2D eigenvalue weighted by molar-refractivity contribution is 5.92. The van der Waals surface area contributed by atoms with Gasteiger partial charge in [-0.05, 0) is 18.2 Å². The molecular weight excluding hydrogens is 332 g/mol. The number of para-hydroxylation sites is 3. The molecule has 6 nitrogen and oxygen atoms in total. The van der Waals surface area contributed by atoms with Crippen LogP contribution in [0, 0.1) is 0 Å². The molecule has 6 heteroatoms. The van der Waals surface area contributed by atoms with Crippen molar-refractivity contribution in [3.63, 3.8) is 0 Å². The molecule has 0 atom stereocenters. The van der Waals surface area contributed by atoms with Crippen LogP contribution in [0.2, 0.25) is 0 Å². The second kappa shape index (κ2) is 9.46. The van der Waals surface area contributed by atoms with E-state index < -0.39 is 0 Å². The molecule has 2 aromatic rings. The molecule has 0 heterocycles. The van der Waals surface area contributed by atoms with Crippen molar-refractivity contribution in [3.8, 4) is 11.5 Å². The average molecular weight is 356 g/mol. The van der Waals surface area contributed by atoms with Crippen molar-refractivity contribution in [3.05, 3.63) is 54.1 Å². The van der Waals surface area contributed by atoms with Crippen LogP contribution in [0.5, 0.6) is 11.5 Å². The molecule has 0 bridgehead atoms.